The van der Waals surface area contributed by atoms with Crippen molar-refractivity contribution in [2.45, 2.75) is 26.0 Å². The van der Waals surface area contributed by atoms with Crippen molar-refractivity contribution in [3.8, 4) is 5.69 Å². The van der Waals surface area contributed by atoms with E-state index in [9.17, 15) is 4.79 Å². The predicted molar refractivity (Wildman–Crippen MR) is 87.5 cm³/mol. The normalized spacial score (nSPS) is 10.9. The van der Waals surface area contributed by atoms with Gasteiger partial charge in [0.05, 0.1) is 18.1 Å². The lowest BCUT2D eigenvalue weighted by Crippen LogP contribution is -2.27. The van der Waals surface area contributed by atoms with Gasteiger partial charge in [-0.3, -0.25) is 14.7 Å². The number of hydrogen-bond acceptors (Lipinski definition) is 4. The second-order valence-corrected chi connectivity index (χ2v) is 6.52. The summed E-state index contributed by atoms with van der Waals surface area (Å²) >= 11 is 7.47. The number of carbonyl (C=O) groups excluding carboxylic acids is 1. The van der Waals surface area contributed by atoms with Crippen LogP contribution in [-0.2, 0) is 0 Å². The number of halogens is 1. The Kier molecular flexibility index (Phi) is 5.25. The molecular formula is C14H17ClN4OS. The maximum Gasteiger partial charge on any atom is 0.286 e. The lowest BCUT2D eigenvalue weighted by Gasteiger charge is -2.19. The largest absolute Gasteiger partial charge is 0.299 e. The van der Waals surface area contributed by atoms with Gasteiger partial charge in [-0.1, -0.05) is 37.2 Å². The zero-order chi connectivity index (χ0) is 15.4. The van der Waals surface area contributed by atoms with Crippen molar-refractivity contribution in [1.82, 2.24) is 14.8 Å². The fourth-order valence-electron chi connectivity index (χ4n) is 1.81. The quantitative estimate of drug-likeness (QED) is 0.852. The van der Waals surface area contributed by atoms with Crippen LogP contribution in [0.15, 0.2) is 30.7 Å². The first-order valence-corrected chi connectivity index (χ1v) is 7.92. The van der Waals surface area contributed by atoms with E-state index in [0.29, 0.717) is 17.4 Å². The Morgan fingerprint density at radius 2 is 2.29 bits per heavy atom. The van der Waals surface area contributed by atoms with Crippen LogP contribution in [0.2, 0.25) is 5.15 Å². The van der Waals surface area contributed by atoms with Gasteiger partial charge < -0.3 is 0 Å². The number of aromatic nitrogens is 3. The molecule has 2 heterocycles. The van der Waals surface area contributed by atoms with Gasteiger partial charge in [0.1, 0.15) is 5.69 Å². The monoisotopic (exact) mass is 324 g/mol. The predicted octanol–water partition coefficient (Wildman–Crippen LogP) is 4.01. The summed E-state index contributed by atoms with van der Waals surface area (Å²) in [7, 11) is 0. The minimum Gasteiger partial charge on any atom is -0.299 e. The molecule has 2 aromatic heterocycles. The molecule has 5 nitrogen and oxygen atoms in total. The van der Waals surface area contributed by atoms with Crippen LogP contribution < -0.4 is 4.90 Å². The van der Waals surface area contributed by atoms with Crippen molar-refractivity contribution >= 4 is 34.3 Å². The number of nitrogens with zero attached hydrogens (tertiary/aromatic N) is 4. The third-order valence-electron chi connectivity index (χ3n) is 2.73. The second-order valence-electron chi connectivity index (χ2n) is 4.64. The lowest BCUT2D eigenvalue weighted by molar-refractivity contribution is 0.265. The van der Waals surface area contributed by atoms with E-state index >= 15 is 0 Å². The highest BCUT2D eigenvalue weighted by Crippen LogP contribution is 2.29. The SMILES string of the molecule is CCN(C(=O)SC(C)C)c1cn(-c2cccnc2)nc1Cl. The first kappa shape index (κ1) is 15.9. The molecule has 0 aromatic carbocycles. The van der Waals surface area contributed by atoms with Crippen LogP contribution in [0.1, 0.15) is 20.8 Å². The number of pyridine rings is 1. The molecule has 0 radical (unpaired) electrons. The van der Waals surface area contributed by atoms with Gasteiger partial charge in [-0.25, -0.2) is 4.68 Å². The van der Waals surface area contributed by atoms with Crippen LogP contribution in [0.3, 0.4) is 0 Å². The molecule has 0 spiro atoms. The van der Waals surface area contributed by atoms with Gasteiger partial charge in [0.25, 0.3) is 5.24 Å². The summed E-state index contributed by atoms with van der Waals surface area (Å²) in [5, 5.41) is 4.75. The molecule has 0 unspecified atom stereocenters. The van der Waals surface area contributed by atoms with Gasteiger partial charge in [-0.2, -0.15) is 5.10 Å². The maximum absolute atomic E-state index is 12.3. The molecule has 0 saturated heterocycles. The molecule has 0 saturated carbocycles. The van der Waals surface area contributed by atoms with Crippen LogP contribution in [0.4, 0.5) is 10.5 Å². The van der Waals surface area contributed by atoms with E-state index in [0.717, 1.165) is 5.69 Å². The zero-order valence-corrected chi connectivity index (χ0v) is 13.7. The van der Waals surface area contributed by atoms with E-state index < -0.39 is 0 Å². The van der Waals surface area contributed by atoms with Crippen LogP contribution in [0, 0.1) is 0 Å². The summed E-state index contributed by atoms with van der Waals surface area (Å²) in [6.45, 7) is 6.42. The molecule has 2 aromatic rings. The highest BCUT2D eigenvalue weighted by Gasteiger charge is 2.21. The Labute approximate surface area is 133 Å². The minimum absolute atomic E-state index is 0.0277. The van der Waals surface area contributed by atoms with Gasteiger partial charge >= 0.3 is 0 Å². The number of rotatable bonds is 4. The summed E-state index contributed by atoms with van der Waals surface area (Å²) in [5.74, 6) is 0. The number of anilines is 1. The fourth-order valence-corrected chi connectivity index (χ4v) is 2.80. The molecule has 0 fully saturated rings. The van der Waals surface area contributed by atoms with E-state index in [2.05, 4.69) is 10.1 Å². The first-order valence-electron chi connectivity index (χ1n) is 6.66. The number of thioether (sulfide) groups is 1. The fraction of sp³-hybridized carbons (Fsp3) is 0.357. The second kappa shape index (κ2) is 6.95. The van der Waals surface area contributed by atoms with Gasteiger partial charge in [0, 0.05) is 18.0 Å². The smallest absolute Gasteiger partial charge is 0.286 e. The molecule has 0 aliphatic rings. The summed E-state index contributed by atoms with van der Waals surface area (Å²) in [6.07, 6.45) is 5.13. The maximum atomic E-state index is 12.3. The van der Waals surface area contributed by atoms with Crippen molar-refractivity contribution in [3.05, 3.63) is 35.9 Å². The summed E-state index contributed by atoms with van der Waals surface area (Å²) < 4.78 is 1.63. The topological polar surface area (TPSA) is 51.0 Å². The molecule has 0 aliphatic carbocycles. The van der Waals surface area contributed by atoms with Crippen LogP contribution in [-0.4, -0.2) is 31.8 Å². The van der Waals surface area contributed by atoms with Gasteiger partial charge in [0.15, 0.2) is 5.15 Å². The lowest BCUT2D eigenvalue weighted by atomic mass is 10.4. The van der Waals surface area contributed by atoms with Crippen LogP contribution >= 0.6 is 23.4 Å². The highest BCUT2D eigenvalue weighted by molar-refractivity contribution is 8.14. The number of carbonyl (C=O) groups is 1. The number of amides is 1. The molecule has 0 aliphatic heterocycles. The average Bonchev–Trinajstić information content (AvgIpc) is 2.82. The molecular weight excluding hydrogens is 308 g/mol. The Morgan fingerprint density at radius 1 is 1.52 bits per heavy atom. The van der Waals surface area contributed by atoms with Gasteiger partial charge in [0.2, 0.25) is 0 Å². The van der Waals surface area contributed by atoms with Gasteiger partial charge in [-0.05, 0) is 19.1 Å². The molecule has 7 heteroatoms. The van der Waals surface area contributed by atoms with Crippen molar-refractivity contribution in [3.63, 3.8) is 0 Å². The molecule has 112 valence electrons. The molecule has 0 atom stereocenters. The standard InChI is InChI=1S/C14H17ClN4OS/c1-4-18(14(20)21-10(2)3)12-9-19(17-13(12)15)11-6-5-7-16-8-11/h5-10H,4H2,1-3H3. The van der Waals surface area contributed by atoms with Crippen molar-refractivity contribution in [2.75, 3.05) is 11.4 Å². The van der Waals surface area contributed by atoms with E-state index in [1.807, 2.05) is 32.9 Å². The minimum atomic E-state index is -0.0277. The van der Waals surface area contributed by atoms with Gasteiger partial charge in [-0.15, -0.1) is 0 Å². The van der Waals surface area contributed by atoms with E-state index in [1.54, 1.807) is 28.2 Å². The Bertz CT molecular complexity index is 615. The van der Waals surface area contributed by atoms with E-state index in [4.69, 9.17) is 11.6 Å². The zero-order valence-electron chi connectivity index (χ0n) is 12.2. The molecule has 21 heavy (non-hydrogen) atoms. The number of hydrogen-bond donors (Lipinski definition) is 0. The van der Waals surface area contributed by atoms with E-state index in [1.165, 1.54) is 11.8 Å². The van der Waals surface area contributed by atoms with Crippen LogP contribution in [0.25, 0.3) is 5.69 Å². The van der Waals surface area contributed by atoms with Crippen LogP contribution in [0.5, 0.6) is 0 Å². The highest BCUT2D eigenvalue weighted by atomic mass is 35.5. The Balaban J connectivity index is 2.31. The summed E-state index contributed by atoms with van der Waals surface area (Å²) in [6, 6.07) is 3.70. The summed E-state index contributed by atoms with van der Waals surface area (Å²) in [4.78, 5) is 17.9. The average molecular weight is 325 g/mol. The van der Waals surface area contributed by atoms with Crippen molar-refractivity contribution in [1.29, 1.82) is 0 Å². The van der Waals surface area contributed by atoms with Crippen molar-refractivity contribution < 1.29 is 4.79 Å². The third-order valence-corrected chi connectivity index (χ3v) is 3.89. The Morgan fingerprint density at radius 3 is 2.86 bits per heavy atom. The molecule has 0 bridgehead atoms. The third kappa shape index (κ3) is 3.77. The molecule has 2 rings (SSSR count). The Hall–Kier alpha value is -1.53. The summed E-state index contributed by atoms with van der Waals surface area (Å²) in [5.41, 5.74) is 1.41. The first-order chi connectivity index (χ1) is 10.0. The van der Waals surface area contributed by atoms with E-state index in [-0.39, 0.29) is 10.5 Å². The molecule has 0 N–H and O–H groups in total. The van der Waals surface area contributed by atoms with Crippen molar-refractivity contribution in [2.24, 2.45) is 0 Å². The molecule has 1 amide bonds.